The van der Waals surface area contributed by atoms with E-state index in [4.69, 9.17) is 9.15 Å². The molecule has 0 aliphatic rings. The number of amides is 1. The third kappa shape index (κ3) is 3.71. The molecule has 140 valence electrons. The molecule has 1 amide bonds. The van der Waals surface area contributed by atoms with Gasteiger partial charge in [0.05, 0.1) is 0 Å². The van der Waals surface area contributed by atoms with Crippen molar-refractivity contribution in [2.24, 2.45) is 0 Å². The van der Waals surface area contributed by atoms with Crippen LogP contribution >= 0.6 is 0 Å². The number of aromatic nitrogens is 2. The molecule has 0 spiro atoms. The molecule has 0 radical (unpaired) electrons. The summed E-state index contributed by atoms with van der Waals surface area (Å²) in [6.07, 6.45) is 1.70. The maximum absolute atomic E-state index is 12.7. The number of oxazole rings is 1. The maximum Gasteiger partial charge on any atom is 0.257 e. The first-order valence-electron chi connectivity index (χ1n) is 8.88. The van der Waals surface area contributed by atoms with E-state index < -0.39 is 0 Å². The molecule has 2 aromatic heterocycles. The molecule has 28 heavy (non-hydrogen) atoms. The summed E-state index contributed by atoms with van der Waals surface area (Å²) in [5, 5.41) is 2.79. The number of benzene rings is 2. The molecule has 0 bridgehead atoms. The van der Waals surface area contributed by atoms with Crippen molar-refractivity contribution in [1.29, 1.82) is 0 Å². The van der Waals surface area contributed by atoms with Crippen LogP contribution in [0.15, 0.2) is 59.1 Å². The predicted molar refractivity (Wildman–Crippen MR) is 107 cm³/mol. The van der Waals surface area contributed by atoms with Crippen LogP contribution in [-0.2, 0) is 0 Å². The summed E-state index contributed by atoms with van der Waals surface area (Å²) in [7, 11) is 0. The van der Waals surface area contributed by atoms with Crippen molar-refractivity contribution < 1.29 is 13.9 Å². The SMILES string of the molecule is Cc1ccc(Oc2cc(C(=O)Nc3ccc(C)cn3)cc3nc(C)oc23)cc1. The summed E-state index contributed by atoms with van der Waals surface area (Å²) in [6, 6.07) is 14.6. The Labute approximate surface area is 162 Å². The number of carbonyl (C=O) groups is 1. The molecule has 0 saturated carbocycles. The van der Waals surface area contributed by atoms with Crippen LogP contribution in [0.5, 0.6) is 11.5 Å². The van der Waals surface area contributed by atoms with Crippen molar-refractivity contribution in [1.82, 2.24) is 9.97 Å². The first-order chi connectivity index (χ1) is 13.5. The van der Waals surface area contributed by atoms with E-state index in [1.165, 1.54) is 0 Å². The third-order valence-corrected chi connectivity index (χ3v) is 4.23. The largest absolute Gasteiger partial charge is 0.453 e. The van der Waals surface area contributed by atoms with Gasteiger partial charge in [0.15, 0.2) is 17.2 Å². The lowest BCUT2D eigenvalue weighted by Gasteiger charge is -2.09. The van der Waals surface area contributed by atoms with Crippen LogP contribution in [-0.4, -0.2) is 15.9 Å². The van der Waals surface area contributed by atoms with Gasteiger partial charge >= 0.3 is 0 Å². The van der Waals surface area contributed by atoms with E-state index in [9.17, 15) is 4.79 Å². The number of anilines is 1. The van der Waals surface area contributed by atoms with Crippen molar-refractivity contribution in [2.45, 2.75) is 20.8 Å². The summed E-state index contributed by atoms with van der Waals surface area (Å²) >= 11 is 0. The van der Waals surface area contributed by atoms with Crippen molar-refractivity contribution in [3.63, 3.8) is 0 Å². The van der Waals surface area contributed by atoms with E-state index in [1.807, 2.05) is 44.2 Å². The Morgan fingerprint density at radius 3 is 2.46 bits per heavy atom. The second-order valence-corrected chi connectivity index (χ2v) is 6.65. The highest BCUT2D eigenvalue weighted by Crippen LogP contribution is 2.32. The van der Waals surface area contributed by atoms with Crippen molar-refractivity contribution in [2.75, 3.05) is 5.32 Å². The van der Waals surface area contributed by atoms with Gasteiger partial charge in [-0.3, -0.25) is 4.79 Å². The van der Waals surface area contributed by atoms with Gasteiger partial charge in [0, 0.05) is 18.7 Å². The Bertz CT molecular complexity index is 1150. The van der Waals surface area contributed by atoms with Crippen molar-refractivity contribution in [3.8, 4) is 11.5 Å². The molecule has 1 N–H and O–H groups in total. The van der Waals surface area contributed by atoms with Crippen LogP contribution in [0.3, 0.4) is 0 Å². The standard InChI is InChI=1S/C22H19N3O3/c1-13-4-7-17(8-5-13)28-19-11-16(10-18-21(19)27-15(3)24-18)22(26)25-20-9-6-14(2)12-23-20/h4-12H,1-3H3,(H,23,25,26). The summed E-state index contributed by atoms with van der Waals surface area (Å²) in [4.78, 5) is 21.3. The summed E-state index contributed by atoms with van der Waals surface area (Å²) in [5.41, 5.74) is 3.62. The van der Waals surface area contributed by atoms with Crippen LogP contribution in [0.25, 0.3) is 11.1 Å². The van der Waals surface area contributed by atoms with Gasteiger partial charge in [-0.25, -0.2) is 9.97 Å². The number of carbonyl (C=O) groups excluding carboxylic acids is 1. The van der Waals surface area contributed by atoms with Crippen LogP contribution in [0.4, 0.5) is 5.82 Å². The van der Waals surface area contributed by atoms with Crippen LogP contribution in [0.2, 0.25) is 0 Å². The number of hydrogen-bond acceptors (Lipinski definition) is 5. The number of nitrogens with one attached hydrogen (secondary N) is 1. The zero-order valence-corrected chi connectivity index (χ0v) is 15.8. The van der Waals surface area contributed by atoms with Gasteiger partial charge in [0.2, 0.25) is 0 Å². The molecule has 2 aromatic carbocycles. The van der Waals surface area contributed by atoms with E-state index in [1.54, 1.807) is 31.3 Å². The lowest BCUT2D eigenvalue weighted by molar-refractivity contribution is 0.102. The van der Waals surface area contributed by atoms with E-state index >= 15 is 0 Å². The quantitative estimate of drug-likeness (QED) is 0.532. The number of pyridine rings is 1. The average molecular weight is 373 g/mol. The Morgan fingerprint density at radius 2 is 1.75 bits per heavy atom. The molecular formula is C22H19N3O3. The molecule has 0 atom stereocenters. The van der Waals surface area contributed by atoms with Crippen molar-refractivity contribution >= 4 is 22.8 Å². The fourth-order valence-electron chi connectivity index (χ4n) is 2.78. The van der Waals surface area contributed by atoms with Gasteiger partial charge in [-0.1, -0.05) is 23.8 Å². The van der Waals surface area contributed by atoms with E-state index in [0.29, 0.717) is 39.9 Å². The highest BCUT2D eigenvalue weighted by Gasteiger charge is 2.17. The van der Waals surface area contributed by atoms with E-state index in [2.05, 4.69) is 15.3 Å². The van der Waals surface area contributed by atoms with Gasteiger partial charge in [-0.2, -0.15) is 0 Å². The van der Waals surface area contributed by atoms with Crippen LogP contribution in [0.1, 0.15) is 27.4 Å². The summed E-state index contributed by atoms with van der Waals surface area (Å²) in [6.45, 7) is 5.70. The average Bonchev–Trinajstić information content (AvgIpc) is 3.06. The minimum absolute atomic E-state index is 0.298. The van der Waals surface area contributed by atoms with E-state index in [0.717, 1.165) is 11.1 Å². The highest BCUT2D eigenvalue weighted by molar-refractivity contribution is 6.06. The fraction of sp³-hybridized carbons (Fsp3) is 0.136. The molecule has 6 nitrogen and oxygen atoms in total. The number of fused-ring (bicyclic) bond motifs is 1. The topological polar surface area (TPSA) is 77.2 Å². The molecule has 0 aliphatic heterocycles. The Morgan fingerprint density at radius 1 is 1.00 bits per heavy atom. The lowest BCUT2D eigenvalue weighted by Crippen LogP contribution is -2.13. The Hall–Kier alpha value is -3.67. The minimum Gasteiger partial charge on any atom is -0.453 e. The zero-order chi connectivity index (χ0) is 19.7. The third-order valence-electron chi connectivity index (χ3n) is 4.23. The molecule has 0 saturated heterocycles. The normalized spacial score (nSPS) is 10.8. The summed E-state index contributed by atoms with van der Waals surface area (Å²) < 4.78 is 11.7. The van der Waals surface area contributed by atoms with Crippen molar-refractivity contribution in [3.05, 3.63) is 77.3 Å². The molecule has 6 heteroatoms. The van der Waals surface area contributed by atoms with E-state index in [-0.39, 0.29) is 5.91 Å². The molecule has 4 aromatic rings. The Kier molecular flexibility index (Phi) is 4.53. The fourth-order valence-corrected chi connectivity index (χ4v) is 2.78. The van der Waals surface area contributed by atoms with Crippen LogP contribution < -0.4 is 10.1 Å². The van der Waals surface area contributed by atoms with Gasteiger partial charge in [0.1, 0.15) is 17.1 Å². The summed E-state index contributed by atoms with van der Waals surface area (Å²) in [5.74, 6) is 1.77. The number of ether oxygens (including phenoxy) is 1. The number of rotatable bonds is 4. The monoisotopic (exact) mass is 373 g/mol. The predicted octanol–water partition coefficient (Wildman–Crippen LogP) is 5.19. The molecule has 0 aliphatic carbocycles. The van der Waals surface area contributed by atoms with Crippen LogP contribution in [0, 0.1) is 20.8 Å². The van der Waals surface area contributed by atoms with Gasteiger partial charge in [-0.15, -0.1) is 0 Å². The second kappa shape index (κ2) is 7.15. The number of nitrogens with zero attached hydrogens (tertiary/aromatic N) is 2. The first kappa shape index (κ1) is 17.7. The molecule has 0 fully saturated rings. The molecule has 2 heterocycles. The molecule has 4 rings (SSSR count). The lowest BCUT2D eigenvalue weighted by atomic mass is 10.1. The second-order valence-electron chi connectivity index (χ2n) is 6.65. The molecular weight excluding hydrogens is 354 g/mol. The maximum atomic E-state index is 12.7. The van der Waals surface area contributed by atoms with Gasteiger partial charge in [-0.05, 0) is 49.7 Å². The molecule has 0 unspecified atom stereocenters. The first-order valence-corrected chi connectivity index (χ1v) is 8.88. The minimum atomic E-state index is -0.298. The number of aryl methyl sites for hydroxylation is 3. The number of hydrogen-bond donors (Lipinski definition) is 1. The highest BCUT2D eigenvalue weighted by atomic mass is 16.5. The van der Waals surface area contributed by atoms with Gasteiger partial charge in [0.25, 0.3) is 5.91 Å². The zero-order valence-electron chi connectivity index (χ0n) is 15.8. The Balaban J connectivity index is 1.69. The smallest absolute Gasteiger partial charge is 0.257 e. The van der Waals surface area contributed by atoms with Gasteiger partial charge < -0.3 is 14.5 Å².